The van der Waals surface area contributed by atoms with Crippen LogP contribution in [-0.4, -0.2) is 41.0 Å². The van der Waals surface area contributed by atoms with Gasteiger partial charge in [0.05, 0.1) is 12.1 Å². The van der Waals surface area contributed by atoms with Crippen LogP contribution in [0.1, 0.15) is 21.8 Å². The van der Waals surface area contributed by atoms with E-state index < -0.39 is 11.7 Å². The molecule has 1 fully saturated rings. The number of aromatic nitrogens is 1. The summed E-state index contributed by atoms with van der Waals surface area (Å²) in [5.74, 6) is 0. The molecule has 0 amide bonds. The molecule has 1 saturated heterocycles. The maximum atomic E-state index is 12.8. The fourth-order valence-corrected chi connectivity index (χ4v) is 3.60. The predicted molar refractivity (Wildman–Crippen MR) is 88.8 cm³/mol. The number of hydrogen-bond acceptors (Lipinski definition) is 5. The van der Waals surface area contributed by atoms with Gasteiger partial charge in [-0.25, -0.2) is 4.98 Å². The van der Waals surface area contributed by atoms with Gasteiger partial charge in [-0.15, -0.1) is 11.3 Å². The molecule has 8 heteroatoms. The van der Waals surface area contributed by atoms with Gasteiger partial charge in [0.2, 0.25) is 0 Å². The van der Waals surface area contributed by atoms with Gasteiger partial charge in [0, 0.05) is 38.1 Å². The van der Waals surface area contributed by atoms with Crippen molar-refractivity contribution in [3.05, 3.63) is 51.5 Å². The number of thiazole rings is 1. The molecule has 4 nitrogen and oxygen atoms in total. The van der Waals surface area contributed by atoms with E-state index in [2.05, 4.69) is 14.8 Å². The highest BCUT2D eigenvalue weighted by Crippen LogP contribution is 2.29. The number of nitrogens with zero attached hydrogens (tertiary/aromatic N) is 4. The Hall–Kier alpha value is -1.95. The van der Waals surface area contributed by atoms with Crippen LogP contribution in [0, 0.1) is 11.3 Å². The molecule has 25 heavy (non-hydrogen) atoms. The molecule has 0 saturated carbocycles. The standard InChI is InChI=1S/C17H17F3N4S/c18-17(19,20)14-3-1-2-13(8-14)10-23-4-6-24(7-5-23)11-16-22-15(9-21)12-25-16/h1-3,8,12H,4-7,10-11H2. The zero-order chi connectivity index (χ0) is 17.9. The van der Waals surface area contributed by atoms with E-state index in [-0.39, 0.29) is 0 Å². The first kappa shape index (κ1) is 17.9. The first-order valence-corrected chi connectivity index (χ1v) is 8.77. The second kappa shape index (κ2) is 7.52. The van der Waals surface area contributed by atoms with Crippen molar-refractivity contribution in [3.63, 3.8) is 0 Å². The Kier molecular flexibility index (Phi) is 5.37. The summed E-state index contributed by atoms with van der Waals surface area (Å²) in [6.07, 6.45) is -4.30. The highest BCUT2D eigenvalue weighted by molar-refractivity contribution is 7.09. The van der Waals surface area contributed by atoms with Crippen molar-refractivity contribution in [2.24, 2.45) is 0 Å². The van der Waals surface area contributed by atoms with Crippen molar-refractivity contribution in [2.75, 3.05) is 26.2 Å². The van der Waals surface area contributed by atoms with Gasteiger partial charge in [0.25, 0.3) is 0 Å². The number of hydrogen-bond donors (Lipinski definition) is 0. The number of piperazine rings is 1. The lowest BCUT2D eigenvalue weighted by molar-refractivity contribution is -0.137. The summed E-state index contributed by atoms with van der Waals surface area (Å²) in [6.45, 7) is 4.50. The lowest BCUT2D eigenvalue weighted by Gasteiger charge is -2.34. The van der Waals surface area contributed by atoms with Crippen LogP contribution in [0.5, 0.6) is 0 Å². The quantitative estimate of drug-likeness (QED) is 0.832. The first-order chi connectivity index (χ1) is 11.9. The van der Waals surface area contributed by atoms with E-state index in [1.807, 2.05) is 6.07 Å². The van der Waals surface area contributed by atoms with Crippen molar-refractivity contribution in [1.29, 1.82) is 5.26 Å². The summed E-state index contributed by atoms with van der Waals surface area (Å²) in [6, 6.07) is 7.55. The molecule has 0 spiro atoms. The molecule has 0 N–H and O–H groups in total. The van der Waals surface area contributed by atoms with E-state index in [9.17, 15) is 13.2 Å². The zero-order valence-electron chi connectivity index (χ0n) is 13.5. The summed E-state index contributed by atoms with van der Waals surface area (Å²) in [5, 5.41) is 11.5. The number of benzene rings is 1. The third-order valence-electron chi connectivity index (χ3n) is 4.15. The highest BCUT2D eigenvalue weighted by Gasteiger charge is 2.30. The Balaban J connectivity index is 1.52. The molecular weight excluding hydrogens is 349 g/mol. The zero-order valence-corrected chi connectivity index (χ0v) is 14.3. The van der Waals surface area contributed by atoms with Crippen LogP contribution in [-0.2, 0) is 19.3 Å². The van der Waals surface area contributed by atoms with Crippen LogP contribution in [0.3, 0.4) is 0 Å². The summed E-state index contributed by atoms with van der Waals surface area (Å²) < 4.78 is 38.4. The summed E-state index contributed by atoms with van der Waals surface area (Å²) in [7, 11) is 0. The third kappa shape index (κ3) is 4.78. The molecule has 1 aromatic carbocycles. The highest BCUT2D eigenvalue weighted by atomic mass is 32.1. The summed E-state index contributed by atoms with van der Waals surface area (Å²) >= 11 is 1.48. The van der Waals surface area contributed by atoms with Crippen molar-refractivity contribution in [2.45, 2.75) is 19.3 Å². The minimum atomic E-state index is -4.30. The van der Waals surface area contributed by atoms with Gasteiger partial charge < -0.3 is 0 Å². The molecular formula is C17H17F3N4S. The van der Waals surface area contributed by atoms with Gasteiger partial charge in [-0.2, -0.15) is 18.4 Å². The molecule has 2 aromatic rings. The Morgan fingerprint density at radius 2 is 1.80 bits per heavy atom. The molecule has 1 aliphatic heterocycles. The molecule has 0 unspecified atom stereocenters. The minimum absolute atomic E-state index is 0.447. The molecule has 1 aliphatic rings. The largest absolute Gasteiger partial charge is 0.416 e. The van der Waals surface area contributed by atoms with Crippen LogP contribution in [0.15, 0.2) is 29.6 Å². The topological polar surface area (TPSA) is 43.2 Å². The SMILES string of the molecule is N#Cc1csc(CN2CCN(Cc3cccc(C(F)(F)F)c3)CC2)n1. The van der Waals surface area contributed by atoms with Gasteiger partial charge in [-0.1, -0.05) is 18.2 Å². The molecule has 3 rings (SSSR count). The molecule has 0 radical (unpaired) electrons. The molecule has 1 aromatic heterocycles. The molecule has 132 valence electrons. The van der Waals surface area contributed by atoms with E-state index in [1.54, 1.807) is 11.4 Å². The normalized spacial score (nSPS) is 16.7. The Labute approximate surface area is 148 Å². The minimum Gasteiger partial charge on any atom is -0.297 e. The fraction of sp³-hybridized carbons (Fsp3) is 0.412. The van der Waals surface area contributed by atoms with Crippen LogP contribution >= 0.6 is 11.3 Å². The van der Waals surface area contributed by atoms with Crippen LogP contribution in [0.25, 0.3) is 0 Å². The molecule has 0 aliphatic carbocycles. The van der Waals surface area contributed by atoms with Crippen molar-refractivity contribution >= 4 is 11.3 Å². The van der Waals surface area contributed by atoms with Crippen LogP contribution in [0.4, 0.5) is 13.2 Å². The average Bonchev–Trinajstić information content (AvgIpc) is 3.04. The van der Waals surface area contributed by atoms with Gasteiger partial charge in [0.15, 0.2) is 5.69 Å². The summed E-state index contributed by atoms with van der Waals surface area (Å²) in [5.41, 5.74) is 0.533. The first-order valence-electron chi connectivity index (χ1n) is 7.89. The van der Waals surface area contributed by atoms with E-state index in [1.165, 1.54) is 23.5 Å². The average molecular weight is 366 g/mol. The van der Waals surface area contributed by atoms with E-state index in [0.29, 0.717) is 24.3 Å². The molecule has 0 atom stereocenters. The number of nitriles is 1. The van der Waals surface area contributed by atoms with Gasteiger partial charge >= 0.3 is 6.18 Å². The Morgan fingerprint density at radius 3 is 2.40 bits per heavy atom. The lowest BCUT2D eigenvalue weighted by Crippen LogP contribution is -2.45. The smallest absolute Gasteiger partial charge is 0.297 e. The number of halogens is 3. The second-order valence-corrected chi connectivity index (χ2v) is 6.93. The van der Waals surface area contributed by atoms with Gasteiger partial charge in [0.1, 0.15) is 11.1 Å². The Bertz CT molecular complexity index is 758. The lowest BCUT2D eigenvalue weighted by atomic mass is 10.1. The Morgan fingerprint density at radius 1 is 1.12 bits per heavy atom. The second-order valence-electron chi connectivity index (χ2n) is 5.99. The van der Waals surface area contributed by atoms with Gasteiger partial charge in [-0.05, 0) is 11.6 Å². The van der Waals surface area contributed by atoms with Crippen LogP contribution in [0.2, 0.25) is 0 Å². The van der Waals surface area contributed by atoms with Crippen molar-refractivity contribution < 1.29 is 13.2 Å². The van der Waals surface area contributed by atoms with Crippen molar-refractivity contribution in [1.82, 2.24) is 14.8 Å². The summed E-state index contributed by atoms with van der Waals surface area (Å²) in [4.78, 5) is 8.65. The maximum Gasteiger partial charge on any atom is 0.416 e. The molecule has 0 bridgehead atoms. The van der Waals surface area contributed by atoms with Gasteiger partial charge in [-0.3, -0.25) is 9.80 Å². The number of alkyl halides is 3. The van der Waals surface area contributed by atoms with E-state index >= 15 is 0 Å². The third-order valence-corrected chi connectivity index (χ3v) is 4.98. The van der Waals surface area contributed by atoms with E-state index in [4.69, 9.17) is 5.26 Å². The monoisotopic (exact) mass is 366 g/mol. The van der Waals surface area contributed by atoms with E-state index in [0.717, 1.165) is 37.3 Å². The predicted octanol–water partition coefficient (Wildman–Crippen LogP) is 3.35. The van der Waals surface area contributed by atoms with Crippen LogP contribution < -0.4 is 0 Å². The van der Waals surface area contributed by atoms with Crippen molar-refractivity contribution in [3.8, 4) is 6.07 Å². The maximum absolute atomic E-state index is 12.8. The molecule has 2 heterocycles. The number of rotatable bonds is 4. The fourth-order valence-electron chi connectivity index (χ4n) is 2.84.